The topological polar surface area (TPSA) is 63.3 Å². The van der Waals surface area contributed by atoms with Crippen LogP contribution in [0, 0.1) is 0 Å². The Labute approximate surface area is 91.4 Å². The van der Waals surface area contributed by atoms with Gasteiger partial charge in [0.25, 0.3) is 5.91 Å². The van der Waals surface area contributed by atoms with Crippen LogP contribution in [0.1, 0.15) is 12.5 Å². The minimum Gasteiger partial charge on any atom is -0.375 e. The summed E-state index contributed by atoms with van der Waals surface area (Å²) in [4.78, 5) is 11.0. The van der Waals surface area contributed by atoms with Crippen LogP contribution in [0.25, 0.3) is 0 Å². The average molecular weight is 234 g/mol. The lowest BCUT2D eigenvalue weighted by Gasteiger charge is -2.20. The Hall–Kier alpha value is -0.770. The van der Waals surface area contributed by atoms with Crippen molar-refractivity contribution in [3.05, 3.63) is 33.8 Å². The largest absolute Gasteiger partial charge is 0.375 e. The van der Waals surface area contributed by atoms with Crippen molar-refractivity contribution in [2.24, 2.45) is 5.73 Å². The normalized spacial score (nSPS) is 14.9. The number of primary amides is 1. The van der Waals surface area contributed by atoms with E-state index in [-0.39, 0.29) is 10.6 Å². The predicted molar refractivity (Wildman–Crippen MR) is 55.2 cm³/mol. The van der Waals surface area contributed by atoms with Crippen molar-refractivity contribution in [3.63, 3.8) is 0 Å². The molecule has 1 aromatic rings. The second kappa shape index (κ2) is 3.77. The Balaban J connectivity index is 3.31. The molecule has 0 spiro atoms. The zero-order chi connectivity index (χ0) is 10.9. The Kier molecular flexibility index (Phi) is 3.04. The minimum absolute atomic E-state index is 0.208. The molecule has 76 valence electrons. The van der Waals surface area contributed by atoms with Crippen molar-refractivity contribution >= 4 is 29.1 Å². The highest BCUT2D eigenvalue weighted by Crippen LogP contribution is 2.30. The minimum atomic E-state index is -1.80. The molecule has 0 aliphatic rings. The summed E-state index contributed by atoms with van der Waals surface area (Å²) in [6, 6.07) is 4.47. The number of nitrogens with two attached hydrogens (primary N) is 1. The van der Waals surface area contributed by atoms with Crippen molar-refractivity contribution in [1.82, 2.24) is 0 Å². The number of halogens is 2. The van der Waals surface area contributed by atoms with Crippen molar-refractivity contribution in [3.8, 4) is 0 Å². The van der Waals surface area contributed by atoms with Gasteiger partial charge in [-0.25, -0.2) is 0 Å². The zero-order valence-corrected chi connectivity index (χ0v) is 8.93. The van der Waals surface area contributed by atoms with E-state index in [9.17, 15) is 9.90 Å². The molecular formula is C9H9Cl2NO2. The molecule has 1 rings (SSSR count). The molecule has 0 aliphatic heterocycles. The molecule has 0 bridgehead atoms. The lowest BCUT2D eigenvalue weighted by atomic mass is 9.95. The van der Waals surface area contributed by atoms with Crippen LogP contribution in [0.3, 0.4) is 0 Å². The number of carbonyl (C=O) groups is 1. The third-order valence-electron chi connectivity index (χ3n) is 1.93. The van der Waals surface area contributed by atoms with E-state index >= 15 is 0 Å². The van der Waals surface area contributed by atoms with Crippen molar-refractivity contribution in [2.75, 3.05) is 0 Å². The van der Waals surface area contributed by atoms with Crippen LogP contribution in [0.5, 0.6) is 0 Å². The Morgan fingerprint density at radius 2 is 2.07 bits per heavy atom. The lowest BCUT2D eigenvalue weighted by Crippen LogP contribution is -2.38. The van der Waals surface area contributed by atoms with Crippen molar-refractivity contribution < 1.29 is 9.90 Å². The molecule has 3 N–H and O–H groups in total. The summed E-state index contributed by atoms with van der Waals surface area (Å²) in [6.07, 6.45) is 0. The van der Waals surface area contributed by atoms with E-state index in [2.05, 4.69) is 0 Å². The quantitative estimate of drug-likeness (QED) is 0.817. The fraction of sp³-hybridized carbons (Fsp3) is 0.222. The summed E-state index contributed by atoms with van der Waals surface area (Å²) in [6.45, 7) is 1.27. The Bertz CT molecular complexity index is 377. The van der Waals surface area contributed by atoms with Gasteiger partial charge in [0.1, 0.15) is 0 Å². The fourth-order valence-corrected chi connectivity index (χ4v) is 1.48. The van der Waals surface area contributed by atoms with Crippen LogP contribution in [0.2, 0.25) is 10.0 Å². The molecule has 0 radical (unpaired) electrons. The van der Waals surface area contributed by atoms with E-state index in [1.165, 1.54) is 19.1 Å². The van der Waals surface area contributed by atoms with Gasteiger partial charge in [0.15, 0.2) is 5.60 Å². The van der Waals surface area contributed by atoms with Crippen molar-refractivity contribution in [1.29, 1.82) is 0 Å². The van der Waals surface area contributed by atoms with E-state index in [0.29, 0.717) is 5.02 Å². The van der Waals surface area contributed by atoms with Gasteiger partial charge in [-0.05, 0) is 25.1 Å². The molecule has 0 saturated carbocycles. The molecule has 3 nitrogen and oxygen atoms in total. The number of amides is 1. The number of hydrogen-bond donors (Lipinski definition) is 2. The van der Waals surface area contributed by atoms with E-state index in [4.69, 9.17) is 28.9 Å². The van der Waals surface area contributed by atoms with Gasteiger partial charge in [-0.1, -0.05) is 23.2 Å². The summed E-state index contributed by atoms with van der Waals surface area (Å²) >= 11 is 11.5. The molecule has 0 fully saturated rings. The standard InChI is InChI=1S/C9H9Cl2NO2/c1-9(14,8(12)13)6-4-5(10)2-3-7(6)11/h2-4,14H,1H3,(H2,12,13)/t9-/m1/s1. The maximum absolute atomic E-state index is 11.0. The van der Waals surface area contributed by atoms with Gasteiger partial charge in [0.2, 0.25) is 0 Å². The molecule has 1 aromatic carbocycles. The van der Waals surface area contributed by atoms with Gasteiger partial charge in [-0.15, -0.1) is 0 Å². The second-order valence-corrected chi connectivity index (χ2v) is 3.90. The predicted octanol–water partition coefficient (Wildman–Crippen LogP) is 1.69. The Morgan fingerprint density at radius 1 is 1.50 bits per heavy atom. The highest BCUT2D eigenvalue weighted by atomic mass is 35.5. The molecule has 1 atom stereocenters. The molecule has 0 heterocycles. The van der Waals surface area contributed by atoms with Crippen LogP contribution >= 0.6 is 23.2 Å². The highest BCUT2D eigenvalue weighted by Gasteiger charge is 2.32. The van der Waals surface area contributed by atoms with Crippen LogP contribution in [-0.4, -0.2) is 11.0 Å². The molecule has 5 heteroatoms. The SMILES string of the molecule is C[C@](O)(C(N)=O)c1cc(Cl)ccc1Cl. The molecule has 0 aliphatic carbocycles. The summed E-state index contributed by atoms with van der Waals surface area (Å²) in [5, 5.41) is 10.4. The van der Waals surface area contributed by atoms with E-state index in [0.717, 1.165) is 0 Å². The number of hydrogen-bond acceptors (Lipinski definition) is 2. The van der Waals surface area contributed by atoms with Crippen LogP contribution < -0.4 is 5.73 Å². The first-order valence-electron chi connectivity index (χ1n) is 3.83. The second-order valence-electron chi connectivity index (χ2n) is 3.06. The maximum Gasteiger partial charge on any atom is 0.253 e. The Morgan fingerprint density at radius 3 is 2.57 bits per heavy atom. The summed E-state index contributed by atoms with van der Waals surface area (Å²) in [5.41, 5.74) is 3.43. The van der Waals surface area contributed by atoms with Crippen LogP contribution in [0.15, 0.2) is 18.2 Å². The van der Waals surface area contributed by atoms with Crippen LogP contribution in [0.4, 0.5) is 0 Å². The van der Waals surface area contributed by atoms with Gasteiger partial charge in [-0.2, -0.15) is 0 Å². The first kappa shape index (κ1) is 11.3. The van der Waals surface area contributed by atoms with Gasteiger partial charge < -0.3 is 10.8 Å². The summed E-state index contributed by atoms with van der Waals surface area (Å²) in [5.74, 6) is -0.873. The number of carbonyl (C=O) groups excluding carboxylic acids is 1. The van der Waals surface area contributed by atoms with Gasteiger partial charge >= 0.3 is 0 Å². The van der Waals surface area contributed by atoms with Gasteiger partial charge in [0, 0.05) is 15.6 Å². The maximum atomic E-state index is 11.0. The van der Waals surface area contributed by atoms with Gasteiger partial charge in [0.05, 0.1) is 0 Å². The summed E-state index contributed by atoms with van der Waals surface area (Å²) in [7, 11) is 0. The van der Waals surface area contributed by atoms with Gasteiger partial charge in [-0.3, -0.25) is 4.79 Å². The van der Waals surface area contributed by atoms with E-state index in [1.54, 1.807) is 6.07 Å². The molecule has 1 amide bonds. The smallest absolute Gasteiger partial charge is 0.253 e. The molecule has 0 saturated heterocycles. The monoisotopic (exact) mass is 233 g/mol. The highest BCUT2D eigenvalue weighted by molar-refractivity contribution is 6.33. The number of aliphatic hydroxyl groups is 1. The van der Waals surface area contributed by atoms with E-state index in [1.807, 2.05) is 0 Å². The van der Waals surface area contributed by atoms with Crippen molar-refractivity contribution in [2.45, 2.75) is 12.5 Å². The molecule has 14 heavy (non-hydrogen) atoms. The first-order chi connectivity index (χ1) is 6.35. The fourth-order valence-electron chi connectivity index (χ4n) is 1.00. The first-order valence-corrected chi connectivity index (χ1v) is 4.59. The van der Waals surface area contributed by atoms with Crippen LogP contribution in [-0.2, 0) is 10.4 Å². The molecule has 0 aromatic heterocycles. The third kappa shape index (κ3) is 2.00. The number of rotatable bonds is 2. The molecular weight excluding hydrogens is 225 g/mol. The van der Waals surface area contributed by atoms with E-state index < -0.39 is 11.5 Å². The molecule has 0 unspecified atom stereocenters. The lowest BCUT2D eigenvalue weighted by molar-refractivity contribution is -0.135. The average Bonchev–Trinajstić information content (AvgIpc) is 2.08. The number of benzene rings is 1. The summed E-state index contributed by atoms with van der Waals surface area (Å²) < 4.78 is 0. The third-order valence-corrected chi connectivity index (χ3v) is 2.50. The zero-order valence-electron chi connectivity index (χ0n) is 7.42.